The summed E-state index contributed by atoms with van der Waals surface area (Å²) in [5.74, 6) is 0. The van der Waals surface area contributed by atoms with E-state index < -0.39 is 6.50 Å². The Morgan fingerprint density at radius 2 is 2.40 bits per heavy atom. The molecule has 0 rings (SSSR count). The van der Waals surface area contributed by atoms with Gasteiger partial charge in [-0.25, -0.2) is 0 Å². The molecule has 1 nitrogen and oxygen atoms in total. The second-order valence-corrected chi connectivity index (χ2v) is 0.371. The Kier molecular flexibility index (Phi) is 5.75. The van der Waals surface area contributed by atoms with Crippen LogP contribution in [0.4, 0.5) is 0 Å². The van der Waals surface area contributed by atoms with Gasteiger partial charge in [-0.1, -0.05) is 6.08 Å². The van der Waals surface area contributed by atoms with Gasteiger partial charge in [-0.2, -0.15) is 0 Å². The van der Waals surface area contributed by atoms with E-state index >= 15 is 0 Å². The van der Waals surface area contributed by atoms with Gasteiger partial charge >= 0.3 is 0 Å². The minimum absolute atomic E-state index is 0. The van der Waals surface area contributed by atoms with Gasteiger partial charge in [0, 0.05) is 9.24 Å². The van der Waals surface area contributed by atoms with Crippen molar-refractivity contribution in [1.29, 1.82) is 0 Å². The summed E-state index contributed by atoms with van der Waals surface area (Å²) in [6.07, 6.45) is 1.05. The fraction of sp³-hybridized carbons (Fsp3) is 0.333. The van der Waals surface area contributed by atoms with E-state index in [0.29, 0.717) is 0 Å². The molecule has 0 saturated carbocycles. The van der Waals surface area contributed by atoms with E-state index in [1.54, 1.807) is 0 Å². The third-order valence-corrected chi connectivity index (χ3v) is 0.118. The average Bonchev–Trinajstić information content (AvgIpc) is 1.35. The van der Waals surface area contributed by atoms with Crippen LogP contribution in [0.5, 0.6) is 0 Å². The third kappa shape index (κ3) is 16.1. The Morgan fingerprint density at radius 1 is 2.20 bits per heavy atom. The first-order chi connectivity index (χ1) is 2.56. The Labute approximate surface area is 41.1 Å². The van der Waals surface area contributed by atoms with Crippen LogP contribution in [-0.4, -0.2) is 6.50 Å². The zero-order valence-corrected chi connectivity index (χ0v) is 3.59. The highest BCUT2D eigenvalue weighted by Gasteiger charge is 1.43. The molecule has 0 unspecified atom stereocenters. The molecule has 0 saturated heterocycles. The maximum atomic E-state index is 6.51. The van der Waals surface area contributed by atoms with Gasteiger partial charge in [0.2, 0.25) is 0 Å². The molecule has 2 heteroatoms. The largest absolute Gasteiger partial charge is 0.327 e. The Balaban J connectivity index is 0. The van der Waals surface area contributed by atoms with Crippen molar-refractivity contribution in [3.8, 4) is 0 Å². The molecule has 32 valence electrons. The van der Waals surface area contributed by atoms with Gasteiger partial charge in [0.05, 0.1) is 0 Å². The highest BCUT2D eigenvalue weighted by atomic mass is 35.5. The maximum Gasteiger partial charge on any atom is 0.0470 e. The summed E-state index contributed by atoms with van der Waals surface area (Å²) >= 11 is 0. The van der Waals surface area contributed by atoms with Gasteiger partial charge < -0.3 is 5.73 Å². The lowest BCUT2D eigenvalue weighted by atomic mass is 10.7. The van der Waals surface area contributed by atoms with E-state index in [4.69, 9.17) is 8.48 Å². The van der Waals surface area contributed by atoms with Gasteiger partial charge in [0.1, 0.15) is 0 Å². The van der Waals surface area contributed by atoms with Gasteiger partial charge in [-0.3, -0.25) is 0 Å². The number of rotatable bonds is 1. The molecule has 0 radical (unpaired) electrons. The van der Waals surface area contributed by atoms with Gasteiger partial charge in [0.15, 0.2) is 0 Å². The van der Waals surface area contributed by atoms with E-state index in [-0.39, 0.29) is 12.4 Å². The minimum atomic E-state index is -1.69. The molecule has 0 fully saturated rings. The van der Waals surface area contributed by atoms with Crippen LogP contribution in [0.3, 0.4) is 0 Å². The fourth-order valence-corrected chi connectivity index (χ4v) is 0. The number of nitrogens with two attached hydrogens (primary N) is 1. The molecule has 0 aromatic heterocycles. The van der Waals surface area contributed by atoms with Crippen LogP contribution in [0.25, 0.3) is 0 Å². The molecule has 0 aliphatic heterocycles. The summed E-state index contributed by atoms with van der Waals surface area (Å²) in [5.41, 5.74) is 4.75. The molecule has 2 N–H and O–H groups in total. The van der Waals surface area contributed by atoms with Crippen LogP contribution in [0, 0.1) is 0 Å². The number of halogens is 1. The first-order valence-corrected chi connectivity index (χ1v) is 0.986. The van der Waals surface area contributed by atoms with Crippen LogP contribution >= 0.6 is 12.4 Å². The molecule has 0 atom stereocenters. The quantitative estimate of drug-likeness (QED) is 0.473. The topological polar surface area (TPSA) is 26.0 Å². The highest BCUT2D eigenvalue weighted by molar-refractivity contribution is 5.85. The van der Waals surface area contributed by atoms with Crippen molar-refractivity contribution in [2.45, 2.75) is 0 Å². The molecular formula is C3H8ClN. The lowest BCUT2D eigenvalue weighted by Crippen LogP contribution is -1.90. The van der Waals surface area contributed by atoms with Crippen molar-refractivity contribution in [3.63, 3.8) is 0 Å². The summed E-state index contributed by atoms with van der Waals surface area (Å²) in [5, 5.41) is 0. The fourth-order valence-electron chi connectivity index (χ4n) is 0. The summed E-state index contributed by atoms with van der Waals surface area (Å²) in [4.78, 5) is 0. The van der Waals surface area contributed by atoms with Crippen LogP contribution in [0.2, 0.25) is 0 Å². The average molecular weight is 95.6 g/mol. The second kappa shape index (κ2) is 9.01. The summed E-state index contributed by atoms with van der Waals surface area (Å²) < 4.78 is 13.0. The molecule has 0 aromatic carbocycles. The summed E-state index contributed by atoms with van der Waals surface area (Å²) in [6, 6.07) is 0. The predicted molar refractivity (Wildman–Crippen MR) is 26.5 cm³/mol. The third-order valence-electron chi connectivity index (χ3n) is 0.118. The Morgan fingerprint density at radius 3 is 2.40 bits per heavy atom. The summed E-state index contributed by atoms with van der Waals surface area (Å²) in [7, 11) is 0. The van der Waals surface area contributed by atoms with Crippen molar-refractivity contribution in [2.24, 2.45) is 5.73 Å². The Hall–Kier alpha value is -0.0100. The molecule has 0 aliphatic rings. The minimum Gasteiger partial charge on any atom is -0.327 e. The van der Waals surface area contributed by atoms with Crippen molar-refractivity contribution in [3.05, 3.63) is 12.7 Å². The summed E-state index contributed by atoms with van der Waals surface area (Å²) in [6.45, 7) is 1.44. The molecule has 0 heterocycles. The molecule has 0 aliphatic carbocycles. The lowest BCUT2D eigenvalue weighted by Gasteiger charge is -1.61. The van der Waals surface area contributed by atoms with Crippen molar-refractivity contribution in [1.82, 2.24) is 0 Å². The van der Waals surface area contributed by atoms with Crippen LogP contribution in [0.15, 0.2) is 12.7 Å². The zero-order chi connectivity index (χ0) is 5.21. The number of hydrogen-bond donors (Lipinski definition) is 1. The molecule has 0 aromatic rings. The van der Waals surface area contributed by atoms with Gasteiger partial charge in [-0.05, 0) is 0 Å². The van der Waals surface area contributed by atoms with Crippen LogP contribution < -0.4 is 5.73 Å². The van der Waals surface area contributed by atoms with Gasteiger partial charge in [0.25, 0.3) is 0 Å². The first kappa shape index (κ1) is 3.19. The van der Waals surface area contributed by atoms with E-state index in [9.17, 15) is 0 Å². The van der Waals surface area contributed by atoms with E-state index in [1.807, 2.05) is 0 Å². The normalized spacial score (nSPS) is 13.8. The lowest BCUT2D eigenvalue weighted by molar-refractivity contribution is 1.26. The van der Waals surface area contributed by atoms with Crippen molar-refractivity contribution >= 4 is 12.4 Å². The SMILES string of the molecule is Cl.[2H]C([2H])(N)C=C. The maximum absolute atomic E-state index is 6.51. The predicted octanol–water partition coefficient (Wildman–Crippen LogP) is 0.553. The number of hydrogen-bond acceptors (Lipinski definition) is 1. The van der Waals surface area contributed by atoms with Crippen LogP contribution in [-0.2, 0) is 0 Å². The monoisotopic (exact) mass is 95.0 g/mol. The van der Waals surface area contributed by atoms with Crippen molar-refractivity contribution < 1.29 is 2.74 Å². The van der Waals surface area contributed by atoms with E-state index in [2.05, 4.69) is 6.58 Å². The van der Waals surface area contributed by atoms with Gasteiger partial charge in [-0.15, -0.1) is 19.0 Å². The molecule has 0 amide bonds. The zero-order valence-electron chi connectivity index (χ0n) is 4.77. The van der Waals surface area contributed by atoms with Crippen molar-refractivity contribution in [2.75, 3.05) is 6.50 Å². The molecule has 0 spiro atoms. The smallest absolute Gasteiger partial charge is 0.0470 e. The van der Waals surface area contributed by atoms with E-state index in [1.165, 1.54) is 0 Å². The highest BCUT2D eigenvalue weighted by Crippen LogP contribution is 1.40. The molecule has 5 heavy (non-hydrogen) atoms. The molecule has 0 bridgehead atoms. The second-order valence-electron chi connectivity index (χ2n) is 0.371. The Bertz CT molecular complexity index is 58.4. The standard InChI is InChI=1S/C3H7N.ClH/c1-2-3-4;/h2H,1,3-4H2;1H/i3D2;. The molecular weight excluding hydrogens is 85.5 g/mol. The van der Waals surface area contributed by atoms with E-state index in [0.717, 1.165) is 6.08 Å². The van der Waals surface area contributed by atoms with Crippen LogP contribution in [0.1, 0.15) is 2.74 Å². The first-order valence-electron chi connectivity index (χ1n) is 1.99.